The van der Waals surface area contributed by atoms with Crippen LogP contribution in [0.4, 0.5) is 18.0 Å². The molecule has 118 valence electrons. The Morgan fingerprint density at radius 3 is 2.73 bits per heavy atom. The van der Waals surface area contributed by atoms with E-state index in [1.807, 2.05) is 6.92 Å². The molecule has 0 fully saturated rings. The predicted octanol–water partition coefficient (Wildman–Crippen LogP) is 2.89. The molecule has 0 radical (unpaired) electrons. The maximum atomic E-state index is 12.8. The number of hydrogen-bond acceptors (Lipinski definition) is 2. The molecule has 2 aromatic rings. The SMILES string of the molecule is CCc1cn(-c2cccc(C(F)(F)F)c2)/c(=N/C(=O)NC)o1. The van der Waals surface area contributed by atoms with Gasteiger partial charge in [-0.25, -0.2) is 4.79 Å². The van der Waals surface area contributed by atoms with Gasteiger partial charge in [0.1, 0.15) is 5.76 Å². The van der Waals surface area contributed by atoms with Crippen molar-refractivity contribution in [2.75, 3.05) is 7.05 Å². The number of aryl methyl sites for hydroxylation is 1. The lowest BCUT2D eigenvalue weighted by Gasteiger charge is -2.08. The van der Waals surface area contributed by atoms with Crippen LogP contribution in [-0.4, -0.2) is 17.6 Å². The summed E-state index contributed by atoms with van der Waals surface area (Å²) in [5, 5.41) is 2.30. The number of benzene rings is 1. The standard InChI is InChI=1S/C14H14F3N3O2/c1-3-11-8-20(13(22-11)19-12(21)18-2)10-6-4-5-9(7-10)14(15,16)17/h4-8H,3H2,1-2H3,(H,18,21)/b19-13-. The number of nitrogens with one attached hydrogen (secondary N) is 1. The number of aromatic nitrogens is 1. The lowest BCUT2D eigenvalue weighted by Crippen LogP contribution is -2.21. The van der Waals surface area contributed by atoms with Crippen LogP contribution in [0.15, 0.2) is 39.9 Å². The summed E-state index contributed by atoms with van der Waals surface area (Å²) >= 11 is 0. The molecule has 0 bridgehead atoms. The van der Waals surface area contributed by atoms with Crippen molar-refractivity contribution < 1.29 is 22.4 Å². The first-order valence-corrected chi connectivity index (χ1v) is 6.50. The van der Waals surface area contributed by atoms with Gasteiger partial charge >= 0.3 is 17.9 Å². The second kappa shape index (κ2) is 6.08. The Bertz CT molecular complexity index is 744. The van der Waals surface area contributed by atoms with Gasteiger partial charge in [-0.05, 0) is 18.2 Å². The summed E-state index contributed by atoms with van der Waals surface area (Å²) in [6.45, 7) is 1.82. The van der Waals surface area contributed by atoms with Crippen LogP contribution in [0.1, 0.15) is 18.2 Å². The maximum absolute atomic E-state index is 12.8. The molecule has 1 aromatic heterocycles. The fourth-order valence-electron chi connectivity index (χ4n) is 1.79. The number of alkyl halides is 3. The average molecular weight is 313 g/mol. The van der Waals surface area contributed by atoms with Gasteiger partial charge in [0.25, 0.3) is 0 Å². The number of halogens is 3. The summed E-state index contributed by atoms with van der Waals surface area (Å²) < 4.78 is 45.1. The second-order valence-electron chi connectivity index (χ2n) is 4.42. The van der Waals surface area contributed by atoms with E-state index in [-0.39, 0.29) is 11.4 Å². The van der Waals surface area contributed by atoms with Gasteiger partial charge in [0.2, 0.25) is 0 Å². The number of urea groups is 1. The van der Waals surface area contributed by atoms with Gasteiger partial charge in [-0.2, -0.15) is 13.2 Å². The summed E-state index contributed by atoms with van der Waals surface area (Å²) in [4.78, 5) is 15.0. The fourth-order valence-corrected chi connectivity index (χ4v) is 1.79. The Kier molecular flexibility index (Phi) is 4.39. The number of oxazole rings is 1. The second-order valence-corrected chi connectivity index (χ2v) is 4.42. The summed E-state index contributed by atoms with van der Waals surface area (Å²) in [6.07, 6.45) is -2.43. The van der Waals surface area contributed by atoms with Crippen molar-refractivity contribution in [3.63, 3.8) is 0 Å². The molecular weight excluding hydrogens is 299 g/mol. The minimum atomic E-state index is -4.45. The van der Waals surface area contributed by atoms with Crippen LogP contribution in [0.5, 0.6) is 0 Å². The Hall–Kier alpha value is -2.51. The summed E-state index contributed by atoms with van der Waals surface area (Å²) in [5.74, 6) is 0.500. The van der Waals surface area contributed by atoms with Crippen LogP contribution in [0.2, 0.25) is 0 Å². The molecule has 2 rings (SSSR count). The van der Waals surface area contributed by atoms with Crippen LogP contribution >= 0.6 is 0 Å². The molecule has 0 aliphatic carbocycles. The van der Waals surface area contributed by atoms with Gasteiger partial charge < -0.3 is 9.73 Å². The zero-order valence-corrected chi connectivity index (χ0v) is 11.9. The molecule has 2 amide bonds. The van der Waals surface area contributed by atoms with Gasteiger partial charge in [0.15, 0.2) is 0 Å². The topological polar surface area (TPSA) is 59.5 Å². The third-order valence-corrected chi connectivity index (χ3v) is 2.91. The quantitative estimate of drug-likeness (QED) is 0.927. The number of amides is 2. The van der Waals surface area contributed by atoms with Crippen molar-refractivity contribution in [3.05, 3.63) is 47.5 Å². The number of rotatable bonds is 2. The van der Waals surface area contributed by atoms with E-state index < -0.39 is 17.8 Å². The van der Waals surface area contributed by atoms with E-state index in [2.05, 4.69) is 10.3 Å². The first kappa shape index (κ1) is 15.9. The smallest absolute Gasteiger partial charge is 0.416 e. The minimum absolute atomic E-state index is 0.0875. The first-order chi connectivity index (χ1) is 10.3. The molecule has 22 heavy (non-hydrogen) atoms. The van der Waals surface area contributed by atoms with Crippen LogP contribution in [0, 0.1) is 0 Å². The normalized spacial score (nSPS) is 12.5. The number of carbonyl (C=O) groups excluding carboxylic acids is 1. The molecule has 8 heteroatoms. The van der Waals surface area contributed by atoms with Crippen LogP contribution in [0.25, 0.3) is 5.69 Å². The Balaban J connectivity index is 2.60. The molecule has 0 spiro atoms. The first-order valence-electron chi connectivity index (χ1n) is 6.50. The number of hydrogen-bond donors (Lipinski definition) is 1. The van der Waals surface area contributed by atoms with Crippen molar-refractivity contribution in [2.45, 2.75) is 19.5 Å². The van der Waals surface area contributed by atoms with Crippen molar-refractivity contribution in [1.82, 2.24) is 9.88 Å². The predicted molar refractivity (Wildman–Crippen MR) is 72.4 cm³/mol. The molecule has 0 saturated carbocycles. The van der Waals surface area contributed by atoms with E-state index in [0.29, 0.717) is 12.2 Å². The van der Waals surface area contributed by atoms with Crippen molar-refractivity contribution in [3.8, 4) is 5.69 Å². The van der Waals surface area contributed by atoms with Gasteiger partial charge in [-0.3, -0.25) is 4.57 Å². The lowest BCUT2D eigenvalue weighted by atomic mass is 10.2. The monoisotopic (exact) mass is 313 g/mol. The molecule has 1 aromatic carbocycles. The Morgan fingerprint density at radius 1 is 1.41 bits per heavy atom. The minimum Gasteiger partial charge on any atom is -0.428 e. The van der Waals surface area contributed by atoms with Gasteiger partial charge in [-0.15, -0.1) is 4.99 Å². The molecule has 0 unspecified atom stereocenters. The Morgan fingerprint density at radius 2 is 2.14 bits per heavy atom. The fraction of sp³-hybridized carbons (Fsp3) is 0.286. The van der Waals surface area contributed by atoms with Crippen LogP contribution in [0.3, 0.4) is 0 Å². The van der Waals surface area contributed by atoms with E-state index in [9.17, 15) is 18.0 Å². The zero-order chi connectivity index (χ0) is 16.3. The van der Waals surface area contributed by atoms with Crippen LogP contribution in [-0.2, 0) is 12.6 Å². The third-order valence-electron chi connectivity index (χ3n) is 2.91. The lowest BCUT2D eigenvalue weighted by molar-refractivity contribution is -0.137. The molecule has 0 aliphatic heterocycles. The zero-order valence-electron chi connectivity index (χ0n) is 11.9. The summed E-state index contributed by atoms with van der Waals surface area (Å²) in [5.41, 5.74) is -0.668. The molecular formula is C14H14F3N3O2. The highest BCUT2D eigenvalue weighted by molar-refractivity contribution is 5.74. The van der Waals surface area contributed by atoms with E-state index in [1.165, 1.54) is 29.9 Å². The van der Waals surface area contributed by atoms with E-state index in [4.69, 9.17) is 4.42 Å². The molecule has 0 saturated heterocycles. The Labute approximate surface area is 124 Å². The van der Waals surface area contributed by atoms with Gasteiger partial charge in [0, 0.05) is 13.5 Å². The summed E-state index contributed by atoms with van der Waals surface area (Å²) in [6, 6.07) is 4.05. The van der Waals surface area contributed by atoms with E-state index in [1.54, 1.807) is 0 Å². The molecule has 1 N–H and O–H groups in total. The molecule has 0 atom stereocenters. The van der Waals surface area contributed by atoms with Gasteiger partial charge in [-0.1, -0.05) is 13.0 Å². The highest BCUT2D eigenvalue weighted by Crippen LogP contribution is 2.30. The highest BCUT2D eigenvalue weighted by atomic mass is 19.4. The summed E-state index contributed by atoms with van der Waals surface area (Å²) in [7, 11) is 1.39. The largest absolute Gasteiger partial charge is 0.428 e. The van der Waals surface area contributed by atoms with Crippen molar-refractivity contribution >= 4 is 6.03 Å². The van der Waals surface area contributed by atoms with Gasteiger partial charge in [0.05, 0.1) is 17.4 Å². The molecule has 5 nitrogen and oxygen atoms in total. The van der Waals surface area contributed by atoms with E-state index in [0.717, 1.165) is 12.1 Å². The highest BCUT2D eigenvalue weighted by Gasteiger charge is 2.30. The maximum Gasteiger partial charge on any atom is 0.416 e. The van der Waals surface area contributed by atoms with Crippen LogP contribution < -0.4 is 11.0 Å². The van der Waals surface area contributed by atoms with E-state index >= 15 is 0 Å². The number of carbonyl (C=O) groups is 1. The molecule has 0 aliphatic rings. The van der Waals surface area contributed by atoms with Crippen molar-refractivity contribution in [2.24, 2.45) is 4.99 Å². The number of nitrogens with zero attached hydrogens (tertiary/aromatic N) is 2. The van der Waals surface area contributed by atoms with Crippen molar-refractivity contribution in [1.29, 1.82) is 0 Å². The third kappa shape index (κ3) is 3.38. The molecule has 1 heterocycles. The average Bonchev–Trinajstić information content (AvgIpc) is 2.89.